The van der Waals surface area contributed by atoms with Crippen molar-refractivity contribution in [2.75, 3.05) is 13.2 Å². The van der Waals surface area contributed by atoms with E-state index in [1.165, 1.54) is 0 Å². The zero-order valence-electron chi connectivity index (χ0n) is 7.66. The van der Waals surface area contributed by atoms with E-state index < -0.39 is 0 Å². The molecule has 1 aromatic rings. The van der Waals surface area contributed by atoms with E-state index in [0.29, 0.717) is 6.61 Å². The molecular formula is C9H12O3S. The number of thiophene rings is 1. The Morgan fingerprint density at radius 2 is 2.08 bits per heavy atom. The van der Waals surface area contributed by atoms with Gasteiger partial charge >= 0.3 is 0 Å². The monoisotopic (exact) mass is 200 g/mol. The van der Waals surface area contributed by atoms with Gasteiger partial charge in [-0.25, -0.2) is 0 Å². The Balaban J connectivity index is 2.33. The standard InChI is InChI=1S/C9H12O3S/c1-5-8-9(6(2)13-5)12-7(3-10)4-11-8/h7,10H,3-4H2,1-2H3. The number of hydrogen-bond donors (Lipinski definition) is 1. The van der Waals surface area contributed by atoms with Gasteiger partial charge in [0.1, 0.15) is 6.61 Å². The highest BCUT2D eigenvalue weighted by Crippen LogP contribution is 2.43. The van der Waals surface area contributed by atoms with Crippen LogP contribution in [0.15, 0.2) is 0 Å². The van der Waals surface area contributed by atoms with Gasteiger partial charge in [-0.05, 0) is 13.8 Å². The van der Waals surface area contributed by atoms with Gasteiger partial charge in [-0.15, -0.1) is 11.3 Å². The molecular weight excluding hydrogens is 188 g/mol. The van der Waals surface area contributed by atoms with Gasteiger partial charge in [-0.3, -0.25) is 0 Å². The van der Waals surface area contributed by atoms with Crippen molar-refractivity contribution in [1.29, 1.82) is 0 Å². The van der Waals surface area contributed by atoms with E-state index in [1.54, 1.807) is 11.3 Å². The zero-order chi connectivity index (χ0) is 9.42. The predicted octanol–water partition coefficient (Wildman–Crippen LogP) is 1.50. The quantitative estimate of drug-likeness (QED) is 0.746. The first-order chi connectivity index (χ1) is 6.22. The summed E-state index contributed by atoms with van der Waals surface area (Å²) in [6.07, 6.45) is -0.208. The van der Waals surface area contributed by atoms with E-state index in [4.69, 9.17) is 14.6 Å². The largest absolute Gasteiger partial charge is 0.485 e. The molecule has 13 heavy (non-hydrogen) atoms. The van der Waals surface area contributed by atoms with Crippen LogP contribution in [-0.4, -0.2) is 24.4 Å². The van der Waals surface area contributed by atoms with E-state index in [1.807, 2.05) is 13.8 Å². The molecule has 0 amide bonds. The molecule has 1 aromatic heterocycles. The van der Waals surface area contributed by atoms with Gasteiger partial charge in [0.25, 0.3) is 0 Å². The van der Waals surface area contributed by atoms with Crippen molar-refractivity contribution >= 4 is 11.3 Å². The maximum atomic E-state index is 8.91. The fourth-order valence-electron chi connectivity index (χ4n) is 1.41. The Labute approximate surface area is 80.9 Å². The number of rotatable bonds is 1. The van der Waals surface area contributed by atoms with Crippen molar-refractivity contribution in [3.8, 4) is 11.5 Å². The summed E-state index contributed by atoms with van der Waals surface area (Å²) < 4.78 is 11.1. The lowest BCUT2D eigenvalue weighted by Gasteiger charge is -2.23. The van der Waals surface area contributed by atoms with E-state index in [2.05, 4.69) is 0 Å². The average Bonchev–Trinajstić information content (AvgIpc) is 2.42. The van der Waals surface area contributed by atoms with Crippen LogP contribution >= 0.6 is 11.3 Å². The SMILES string of the molecule is Cc1sc(C)c2c1OCC(CO)O2. The average molecular weight is 200 g/mol. The molecule has 0 radical (unpaired) electrons. The second-order valence-electron chi connectivity index (χ2n) is 3.11. The fraction of sp³-hybridized carbons (Fsp3) is 0.556. The molecule has 1 aliphatic heterocycles. The maximum absolute atomic E-state index is 8.91. The number of fused-ring (bicyclic) bond motifs is 1. The number of ether oxygens (including phenoxy) is 2. The minimum atomic E-state index is -0.208. The molecule has 4 heteroatoms. The van der Waals surface area contributed by atoms with Gasteiger partial charge in [0.2, 0.25) is 0 Å². The van der Waals surface area contributed by atoms with Crippen LogP contribution < -0.4 is 9.47 Å². The van der Waals surface area contributed by atoms with Crippen LogP contribution in [0.3, 0.4) is 0 Å². The first-order valence-electron chi connectivity index (χ1n) is 4.22. The summed E-state index contributed by atoms with van der Waals surface area (Å²) >= 11 is 1.67. The number of aliphatic hydroxyl groups is 1. The lowest BCUT2D eigenvalue weighted by molar-refractivity contribution is 0.0457. The highest BCUT2D eigenvalue weighted by molar-refractivity contribution is 7.12. The normalized spacial score (nSPS) is 20.4. The molecule has 0 fully saturated rings. The maximum Gasteiger partial charge on any atom is 0.175 e. The molecule has 0 spiro atoms. The molecule has 3 nitrogen and oxygen atoms in total. The van der Waals surface area contributed by atoms with Gasteiger partial charge in [0.15, 0.2) is 17.6 Å². The van der Waals surface area contributed by atoms with Crippen molar-refractivity contribution < 1.29 is 14.6 Å². The number of aliphatic hydroxyl groups excluding tert-OH is 1. The molecule has 2 rings (SSSR count). The smallest absolute Gasteiger partial charge is 0.175 e. The molecule has 1 atom stereocenters. The van der Waals surface area contributed by atoms with E-state index >= 15 is 0 Å². The molecule has 1 unspecified atom stereocenters. The zero-order valence-corrected chi connectivity index (χ0v) is 8.48. The minimum absolute atomic E-state index is 0.00771. The van der Waals surface area contributed by atoms with Crippen molar-refractivity contribution in [2.24, 2.45) is 0 Å². The summed E-state index contributed by atoms with van der Waals surface area (Å²) in [7, 11) is 0. The summed E-state index contributed by atoms with van der Waals surface area (Å²) in [5.41, 5.74) is 0. The summed E-state index contributed by atoms with van der Waals surface area (Å²) in [6, 6.07) is 0. The van der Waals surface area contributed by atoms with Gasteiger partial charge < -0.3 is 14.6 Å². The van der Waals surface area contributed by atoms with Crippen LogP contribution in [-0.2, 0) is 0 Å². The summed E-state index contributed by atoms with van der Waals surface area (Å²) in [6.45, 7) is 4.47. The molecule has 0 saturated heterocycles. The summed E-state index contributed by atoms with van der Waals surface area (Å²) in [4.78, 5) is 2.26. The highest BCUT2D eigenvalue weighted by atomic mass is 32.1. The Hall–Kier alpha value is -0.740. The Bertz CT molecular complexity index is 319. The van der Waals surface area contributed by atoms with Gasteiger partial charge in [0, 0.05) is 9.75 Å². The number of aryl methyl sites for hydroxylation is 2. The molecule has 72 valence electrons. The Morgan fingerprint density at radius 1 is 1.38 bits per heavy atom. The first-order valence-corrected chi connectivity index (χ1v) is 5.04. The van der Waals surface area contributed by atoms with Crippen molar-refractivity contribution in [3.05, 3.63) is 9.75 Å². The molecule has 1 aliphatic rings. The molecule has 0 saturated carbocycles. The lowest BCUT2D eigenvalue weighted by Crippen LogP contribution is -2.32. The van der Waals surface area contributed by atoms with Crippen LogP contribution in [0.1, 0.15) is 9.75 Å². The molecule has 0 aliphatic carbocycles. The van der Waals surface area contributed by atoms with Crippen LogP contribution in [0.5, 0.6) is 11.5 Å². The summed E-state index contributed by atoms with van der Waals surface area (Å²) in [5.74, 6) is 1.67. The predicted molar refractivity (Wildman–Crippen MR) is 50.8 cm³/mol. The Morgan fingerprint density at radius 3 is 2.77 bits per heavy atom. The van der Waals surface area contributed by atoms with Crippen molar-refractivity contribution in [1.82, 2.24) is 0 Å². The second-order valence-corrected chi connectivity index (χ2v) is 4.53. The molecule has 0 aromatic carbocycles. The fourth-order valence-corrected chi connectivity index (χ4v) is 2.35. The van der Waals surface area contributed by atoms with Crippen LogP contribution in [0, 0.1) is 13.8 Å². The van der Waals surface area contributed by atoms with E-state index in [0.717, 1.165) is 21.3 Å². The van der Waals surface area contributed by atoms with E-state index in [9.17, 15) is 0 Å². The van der Waals surface area contributed by atoms with Gasteiger partial charge in [-0.2, -0.15) is 0 Å². The first kappa shape index (κ1) is 8.84. The van der Waals surface area contributed by atoms with Gasteiger partial charge in [-0.1, -0.05) is 0 Å². The van der Waals surface area contributed by atoms with Crippen LogP contribution in [0.4, 0.5) is 0 Å². The molecule has 1 N–H and O–H groups in total. The highest BCUT2D eigenvalue weighted by Gasteiger charge is 2.25. The van der Waals surface area contributed by atoms with Crippen molar-refractivity contribution in [2.45, 2.75) is 20.0 Å². The van der Waals surface area contributed by atoms with Crippen molar-refractivity contribution in [3.63, 3.8) is 0 Å². The van der Waals surface area contributed by atoms with Crippen LogP contribution in [0.25, 0.3) is 0 Å². The van der Waals surface area contributed by atoms with Crippen LogP contribution in [0.2, 0.25) is 0 Å². The third-order valence-electron chi connectivity index (χ3n) is 2.05. The minimum Gasteiger partial charge on any atom is -0.485 e. The van der Waals surface area contributed by atoms with Gasteiger partial charge in [0.05, 0.1) is 6.61 Å². The Kier molecular flexibility index (Phi) is 2.17. The number of hydrogen-bond acceptors (Lipinski definition) is 4. The third-order valence-corrected chi connectivity index (χ3v) is 3.04. The molecule has 2 heterocycles. The summed E-state index contributed by atoms with van der Waals surface area (Å²) in [5, 5.41) is 8.91. The lowest BCUT2D eigenvalue weighted by atomic mass is 10.3. The second kappa shape index (κ2) is 3.20. The topological polar surface area (TPSA) is 38.7 Å². The van der Waals surface area contributed by atoms with E-state index in [-0.39, 0.29) is 12.7 Å². The third kappa shape index (κ3) is 1.40. The molecule has 0 bridgehead atoms.